The Morgan fingerprint density at radius 3 is 2.72 bits per heavy atom. The van der Waals surface area contributed by atoms with E-state index >= 15 is 0 Å². The van der Waals surface area contributed by atoms with Crippen molar-refractivity contribution in [1.82, 2.24) is 4.90 Å². The van der Waals surface area contributed by atoms with Crippen LogP contribution in [0.2, 0.25) is 0 Å². The number of carbonyl (C=O) groups is 2. The smallest absolute Gasteiger partial charge is 0.328 e. The van der Waals surface area contributed by atoms with Crippen LogP contribution >= 0.6 is 35.3 Å². The maximum atomic E-state index is 12.2. The lowest BCUT2D eigenvalue weighted by Gasteiger charge is -2.43. The van der Waals surface area contributed by atoms with Crippen molar-refractivity contribution in [2.24, 2.45) is 5.92 Å². The van der Waals surface area contributed by atoms with E-state index in [4.69, 9.17) is 5.11 Å². The average Bonchev–Trinajstić information content (AvgIpc) is 2.96. The molecule has 2 fully saturated rings. The van der Waals surface area contributed by atoms with E-state index in [2.05, 4.69) is 16.7 Å². The Morgan fingerprint density at radius 1 is 1.40 bits per heavy atom. The van der Waals surface area contributed by atoms with Crippen LogP contribution in [0.5, 0.6) is 0 Å². The summed E-state index contributed by atoms with van der Waals surface area (Å²) >= 11 is 4.84. The van der Waals surface area contributed by atoms with Gasteiger partial charge in [0.15, 0.2) is 25.0 Å². The Kier molecular flexibility index (Phi) is 6.19. The van der Waals surface area contributed by atoms with Crippen LogP contribution in [0.1, 0.15) is 6.42 Å². The van der Waals surface area contributed by atoms with Gasteiger partial charge in [-0.3, -0.25) is 4.79 Å². The number of aliphatic hydroxyl groups excluding tert-OH is 1. The number of carbonyl (C=O) groups excluding carboxylic acids is 1. The van der Waals surface area contributed by atoms with Crippen molar-refractivity contribution in [3.63, 3.8) is 0 Å². The van der Waals surface area contributed by atoms with Crippen LogP contribution < -0.4 is 4.57 Å². The van der Waals surface area contributed by atoms with Crippen LogP contribution in [0.4, 0.5) is 0 Å². The zero-order chi connectivity index (χ0) is 18.0. The molecule has 3 heterocycles. The number of β-lactam (4-membered cyclic amide) rings is 1. The molecule has 2 saturated heterocycles. The first-order chi connectivity index (χ1) is 12.1. The number of carboxylic acid groups (broad SMARTS) is 1. The maximum absolute atomic E-state index is 12.2. The van der Waals surface area contributed by atoms with Gasteiger partial charge in [-0.2, -0.15) is 0 Å². The van der Waals surface area contributed by atoms with E-state index in [0.717, 1.165) is 12.3 Å². The molecule has 0 bridgehead atoms. The van der Waals surface area contributed by atoms with E-state index in [-0.39, 0.29) is 28.4 Å². The fourth-order valence-electron chi connectivity index (χ4n) is 3.12. The van der Waals surface area contributed by atoms with Crippen LogP contribution in [0.15, 0.2) is 29.4 Å². The van der Waals surface area contributed by atoms with Gasteiger partial charge in [-0.15, -0.1) is 35.3 Å². The number of hydrogen-bond donors (Lipinski definition) is 2. The molecule has 0 aliphatic carbocycles. The number of fused-ring (bicyclic) bond motifs is 1. The zero-order valence-electron chi connectivity index (χ0n) is 13.8. The van der Waals surface area contributed by atoms with Gasteiger partial charge in [0, 0.05) is 23.6 Å². The Labute approximate surface area is 159 Å². The predicted octanol–water partition coefficient (Wildman–Crippen LogP) is 1.12. The van der Waals surface area contributed by atoms with Gasteiger partial charge in [-0.25, -0.2) is 9.36 Å². The number of amides is 1. The number of pyridine rings is 1. The molecule has 25 heavy (non-hydrogen) atoms. The molecule has 1 aromatic heterocycles. The zero-order valence-corrected chi connectivity index (χ0v) is 16.2. The Balaban J connectivity index is 1.57. The molecule has 6 nitrogen and oxygen atoms in total. The van der Waals surface area contributed by atoms with Gasteiger partial charge in [0.05, 0.1) is 21.6 Å². The number of aliphatic hydroxyl groups is 1. The van der Waals surface area contributed by atoms with Crippen LogP contribution in [-0.2, 0) is 16.1 Å². The fourth-order valence-corrected chi connectivity index (χ4v) is 6.92. The van der Waals surface area contributed by atoms with Crippen molar-refractivity contribution in [2.45, 2.75) is 33.9 Å². The molecule has 3 unspecified atom stereocenters. The molecule has 4 atom stereocenters. The Hall–Kier alpha value is -0.900. The Bertz CT molecular complexity index is 643. The highest BCUT2D eigenvalue weighted by atomic mass is 32.2. The Morgan fingerprint density at radius 2 is 2.12 bits per heavy atom. The number of carboxylic acids is 1. The molecule has 1 aromatic rings. The SMILES string of the molecule is CSc1cc[n+](CCSC2SC3[C@@H](CCO)C(=O)N3C2C(=O)O)cc1. The molecule has 2 N–H and O–H groups in total. The summed E-state index contributed by atoms with van der Waals surface area (Å²) in [7, 11) is 0. The summed E-state index contributed by atoms with van der Waals surface area (Å²) in [5, 5.41) is 18.5. The van der Waals surface area contributed by atoms with Crippen LogP contribution in [0.25, 0.3) is 0 Å². The molecule has 0 saturated carbocycles. The minimum absolute atomic E-state index is 0.0421. The lowest BCUT2D eigenvalue weighted by Crippen LogP contribution is -2.61. The van der Waals surface area contributed by atoms with Crippen molar-refractivity contribution < 1.29 is 24.4 Å². The molecule has 0 radical (unpaired) electrons. The third kappa shape index (κ3) is 3.79. The first-order valence-electron chi connectivity index (χ1n) is 8.03. The summed E-state index contributed by atoms with van der Waals surface area (Å²) < 4.78 is 1.91. The van der Waals surface area contributed by atoms with Gasteiger partial charge in [0.2, 0.25) is 5.91 Å². The van der Waals surface area contributed by atoms with E-state index in [1.807, 2.05) is 18.6 Å². The van der Waals surface area contributed by atoms with E-state index in [1.165, 1.54) is 9.80 Å². The first-order valence-corrected chi connectivity index (χ1v) is 11.2. The van der Waals surface area contributed by atoms with Crippen molar-refractivity contribution in [3.05, 3.63) is 24.5 Å². The summed E-state index contributed by atoms with van der Waals surface area (Å²) in [4.78, 5) is 26.5. The second kappa shape index (κ2) is 8.20. The number of aromatic nitrogens is 1. The number of aryl methyl sites for hydroxylation is 1. The topological polar surface area (TPSA) is 81.7 Å². The molecular formula is C16H21N2O4S3+. The lowest BCUT2D eigenvalue weighted by molar-refractivity contribution is -0.692. The molecular weight excluding hydrogens is 380 g/mol. The van der Waals surface area contributed by atoms with Gasteiger partial charge in [-0.05, 0) is 12.7 Å². The van der Waals surface area contributed by atoms with Crippen LogP contribution in [0, 0.1) is 5.92 Å². The lowest BCUT2D eigenvalue weighted by atomic mass is 9.93. The molecule has 3 rings (SSSR count). The summed E-state index contributed by atoms with van der Waals surface area (Å²) in [6.07, 6.45) is 6.50. The average molecular weight is 402 g/mol. The van der Waals surface area contributed by atoms with Crippen LogP contribution in [-0.4, -0.2) is 61.6 Å². The van der Waals surface area contributed by atoms with E-state index in [9.17, 15) is 14.7 Å². The van der Waals surface area contributed by atoms with Gasteiger partial charge in [0.25, 0.3) is 0 Å². The van der Waals surface area contributed by atoms with E-state index in [0.29, 0.717) is 6.42 Å². The molecule has 9 heteroatoms. The highest BCUT2D eigenvalue weighted by molar-refractivity contribution is 8.17. The number of aliphatic carboxylic acids is 1. The summed E-state index contributed by atoms with van der Waals surface area (Å²) in [5.41, 5.74) is 0. The highest BCUT2D eigenvalue weighted by Crippen LogP contribution is 2.51. The second-order valence-corrected chi connectivity index (χ2v) is 9.58. The molecule has 0 spiro atoms. The van der Waals surface area contributed by atoms with Crippen molar-refractivity contribution in [1.29, 1.82) is 0 Å². The molecule has 2 aliphatic heterocycles. The largest absolute Gasteiger partial charge is 0.480 e. The van der Waals surface area contributed by atoms with Crippen molar-refractivity contribution in [3.8, 4) is 0 Å². The molecule has 1 amide bonds. The predicted molar refractivity (Wildman–Crippen MR) is 99.5 cm³/mol. The first kappa shape index (κ1) is 18.9. The third-order valence-electron chi connectivity index (χ3n) is 4.44. The second-order valence-electron chi connectivity index (χ2n) is 5.89. The van der Waals surface area contributed by atoms with Gasteiger partial charge < -0.3 is 15.1 Å². The van der Waals surface area contributed by atoms with Gasteiger partial charge in [-0.1, -0.05) is 0 Å². The minimum Gasteiger partial charge on any atom is -0.480 e. The monoisotopic (exact) mass is 401 g/mol. The number of nitrogens with zero attached hydrogens (tertiary/aromatic N) is 2. The van der Waals surface area contributed by atoms with Crippen LogP contribution in [0.3, 0.4) is 0 Å². The summed E-state index contributed by atoms with van der Waals surface area (Å²) in [6.45, 7) is 0.751. The molecule has 2 aliphatic rings. The standard InChI is InChI=1S/C16H20N2O4S3/c1-23-10-2-5-17(6-3-10)7-9-24-16-12(15(21)22)18-13(20)11(4-8-19)14(18)25-16/h2-3,5-6,11-12,14,16,19H,4,7-9H2,1H3/p+1/t11-,12?,14?,16?/m0/s1. The summed E-state index contributed by atoms with van der Waals surface area (Å²) in [6, 6.07) is 3.35. The highest BCUT2D eigenvalue weighted by Gasteiger charge is 2.60. The summed E-state index contributed by atoms with van der Waals surface area (Å²) in [5.74, 6) is -0.537. The quantitative estimate of drug-likeness (QED) is 0.384. The molecule has 136 valence electrons. The third-order valence-corrected chi connectivity index (χ3v) is 8.29. The minimum atomic E-state index is -0.944. The molecule has 0 aromatic carbocycles. The maximum Gasteiger partial charge on any atom is 0.328 e. The van der Waals surface area contributed by atoms with Gasteiger partial charge >= 0.3 is 5.97 Å². The van der Waals surface area contributed by atoms with E-state index < -0.39 is 12.0 Å². The number of thioether (sulfide) groups is 3. The normalized spacial score (nSPS) is 27.9. The van der Waals surface area contributed by atoms with E-state index in [1.54, 1.807) is 35.3 Å². The number of hydrogen-bond acceptors (Lipinski definition) is 6. The van der Waals surface area contributed by atoms with Gasteiger partial charge in [0.1, 0.15) is 0 Å². The van der Waals surface area contributed by atoms with Crippen molar-refractivity contribution >= 4 is 47.2 Å². The fraction of sp³-hybridized carbons (Fsp3) is 0.562. The van der Waals surface area contributed by atoms with Crippen molar-refractivity contribution in [2.75, 3.05) is 18.6 Å². The number of rotatable bonds is 8.